The minimum atomic E-state index is -1.03. The van der Waals surface area contributed by atoms with Crippen molar-refractivity contribution in [2.45, 2.75) is 19.1 Å². The van der Waals surface area contributed by atoms with E-state index in [0.29, 0.717) is 13.0 Å². The summed E-state index contributed by atoms with van der Waals surface area (Å²) >= 11 is 0. The van der Waals surface area contributed by atoms with E-state index in [1.807, 2.05) is 0 Å². The first-order valence-corrected chi connectivity index (χ1v) is 2.89. The summed E-state index contributed by atoms with van der Waals surface area (Å²) in [6.07, 6.45) is -0.442. The zero-order valence-electron chi connectivity index (χ0n) is 4.95. The van der Waals surface area contributed by atoms with Crippen LogP contribution in [0.25, 0.3) is 0 Å². The van der Waals surface area contributed by atoms with Gasteiger partial charge in [0.05, 0.1) is 0 Å². The molecule has 4 nitrogen and oxygen atoms in total. The van der Waals surface area contributed by atoms with Crippen LogP contribution >= 0.6 is 0 Å². The normalized spacial score (nSPS) is 26.8. The minimum absolute atomic E-state index is 0.469. The summed E-state index contributed by atoms with van der Waals surface area (Å²) in [6, 6.07) is 0. The van der Waals surface area contributed by atoms with E-state index >= 15 is 0 Å². The average Bonchev–Trinajstić information content (AvgIpc) is 2.13. The Kier molecular flexibility index (Phi) is 1.57. The van der Waals surface area contributed by atoms with Crippen LogP contribution in [0.15, 0.2) is 0 Å². The molecule has 1 aliphatic rings. The van der Waals surface area contributed by atoms with Gasteiger partial charge < -0.3 is 10.2 Å². The van der Waals surface area contributed by atoms with Gasteiger partial charge >= 0.3 is 6.09 Å². The van der Waals surface area contributed by atoms with Crippen LogP contribution in [0, 0.1) is 0 Å². The van der Waals surface area contributed by atoms with Gasteiger partial charge in [0.25, 0.3) is 0 Å². The third-order valence-corrected chi connectivity index (χ3v) is 1.47. The summed E-state index contributed by atoms with van der Waals surface area (Å²) in [5.74, 6) is 0. The molecular formula is C5H9NO3. The largest absolute Gasteiger partial charge is 0.465 e. The molecule has 1 amide bonds. The van der Waals surface area contributed by atoms with Crippen LogP contribution < -0.4 is 0 Å². The molecule has 0 radical (unpaired) electrons. The number of aliphatic hydroxyl groups excluding tert-OH is 1. The summed E-state index contributed by atoms with van der Waals surface area (Å²) in [4.78, 5) is 11.2. The van der Waals surface area contributed by atoms with Crippen molar-refractivity contribution in [3.05, 3.63) is 0 Å². The molecule has 4 heteroatoms. The average molecular weight is 131 g/mol. The number of aliphatic hydroxyl groups is 1. The van der Waals surface area contributed by atoms with E-state index in [4.69, 9.17) is 10.2 Å². The van der Waals surface area contributed by atoms with Crippen molar-refractivity contribution in [2.24, 2.45) is 0 Å². The highest BCUT2D eigenvalue weighted by Crippen LogP contribution is 2.13. The smallest absolute Gasteiger partial charge is 0.409 e. The molecule has 0 aromatic carbocycles. The van der Waals surface area contributed by atoms with Crippen LogP contribution in [0.1, 0.15) is 12.8 Å². The Balaban J connectivity index is 2.49. The van der Waals surface area contributed by atoms with E-state index in [1.165, 1.54) is 0 Å². The Morgan fingerprint density at radius 2 is 2.33 bits per heavy atom. The topological polar surface area (TPSA) is 60.8 Å². The van der Waals surface area contributed by atoms with E-state index in [-0.39, 0.29) is 0 Å². The van der Waals surface area contributed by atoms with Crippen molar-refractivity contribution in [3.8, 4) is 0 Å². The monoisotopic (exact) mass is 131 g/mol. The minimum Gasteiger partial charge on any atom is -0.465 e. The second kappa shape index (κ2) is 2.23. The molecule has 9 heavy (non-hydrogen) atoms. The third-order valence-electron chi connectivity index (χ3n) is 1.47. The van der Waals surface area contributed by atoms with Crippen molar-refractivity contribution in [3.63, 3.8) is 0 Å². The van der Waals surface area contributed by atoms with Crippen LogP contribution in [0.5, 0.6) is 0 Å². The lowest BCUT2D eigenvalue weighted by Gasteiger charge is -2.14. The molecular weight excluding hydrogens is 122 g/mol. The van der Waals surface area contributed by atoms with Crippen LogP contribution in [0.3, 0.4) is 0 Å². The van der Waals surface area contributed by atoms with Gasteiger partial charge in [0, 0.05) is 6.54 Å². The van der Waals surface area contributed by atoms with Crippen LogP contribution in [-0.4, -0.2) is 34.0 Å². The number of rotatable bonds is 0. The molecule has 1 atom stereocenters. The van der Waals surface area contributed by atoms with Crippen molar-refractivity contribution < 1.29 is 15.0 Å². The molecule has 0 bridgehead atoms. The molecule has 0 aromatic rings. The molecule has 1 rings (SSSR count). The summed E-state index contributed by atoms with van der Waals surface area (Å²) in [7, 11) is 0. The van der Waals surface area contributed by atoms with Gasteiger partial charge in [0.1, 0.15) is 6.23 Å². The number of carboxylic acid groups (broad SMARTS) is 1. The Bertz CT molecular complexity index is 125. The zero-order chi connectivity index (χ0) is 6.85. The lowest BCUT2D eigenvalue weighted by molar-refractivity contribution is 0.0408. The maximum atomic E-state index is 10.2. The quantitative estimate of drug-likeness (QED) is 0.489. The van der Waals surface area contributed by atoms with Crippen LogP contribution in [0.2, 0.25) is 0 Å². The van der Waals surface area contributed by atoms with E-state index in [2.05, 4.69) is 0 Å². The molecule has 0 aliphatic carbocycles. The summed E-state index contributed by atoms with van der Waals surface area (Å²) in [5.41, 5.74) is 0. The Hall–Kier alpha value is -0.770. The van der Waals surface area contributed by atoms with Crippen molar-refractivity contribution in [2.75, 3.05) is 6.54 Å². The summed E-state index contributed by atoms with van der Waals surface area (Å²) in [5, 5.41) is 17.3. The molecule has 52 valence electrons. The highest BCUT2D eigenvalue weighted by molar-refractivity contribution is 5.65. The van der Waals surface area contributed by atoms with Gasteiger partial charge in [-0.05, 0) is 12.8 Å². The first-order valence-electron chi connectivity index (χ1n) is 2.89. The van der Waals surface area contributed by atoms with Gasteiger partial charge in [-0.15, -0.1) is 0 Å². The molecule has 1 fully saturated rings. The van der Waals surface area contributed by atoms with Crippen molar-refractivity contribution in [1.29, 1.82) is 0 Å². The third kappa shape index (κ3) is 1.13. The van der Waals surface area contributed by atoms with Gasteiger partial charge in [0.15, 0.2) is 0 Å². The zero-order valence-corrected chi connectivity index (χ0v) is 4.95. The molecule has 1 aliphatic heterocycles. The van der Waals surface area contributed by atoms with E-state index < -0.39 is 12.3 Å². The highest BCUT2D eigenvalue weighted by atomic mass is 16.4. The fourth-order valence-electron chi connectivity index (χ4n) is 0.972. The van der Waals surface area contributed by atoms with Crippen LogP contribution in [-0.2, 0) is 0 Å². The van der Waals surface area contributed by atoms with Crippen molar-refractivity contribution >= 4 is 6.09 Å². The van der Waals surface area contributed by atoms with Gasteiger partial charge in [-0.25, -0.2) is 4.79 Å². The maximum absolute atomic E-state index is 10.2. The van der Waals surface area contributed by atoms with Crippen molar-refractivity contribution in [1.82, 2.24) is 4.90 Å². The summed E-state index contributed by atoms with van der Waals surface area (Å²) < 4.78 is 0. The molecule has 1 heterocycles. The number of likely N-dealkylation sites (tertiary alicyclic amines) is 1. The number of hydrogen-bond acceptors (Lipinski definition) is 2. The Morgan fingerprint density at radius 3 is 2.56 bits per heavy atom. The lowest BCUT2D eigenvalue weighted by atomic mass is 10.4. The SMILES string of the molecule is O=C(O)N1CCCC1O. The van der Waals surface area contributed by atoms with Gasteiger partial charge in [-0.2, -0.15) is 0 Å². The Labute approximate surface area is 52.7 Å². The highest BCUT2D eigenvalue weighted by Gasteiger charge is 2.25. The van der Waals surface area contributed by atoms with E-state index in [1.54, 1.807) is 0 Å². The standard InChI is InChI=1S/C5H9NO3/c7-4-2-1-3-6(4)5(8)9/h4,7H,1-3H2,(H,8,9). The number of nitrogens with zero attached hydrogens (tertiary/aromatic N) is 1. The Morgan fingerprint density at radius 1 is 1.67 bits per heavy atom. The van der Waals surface area contributed by atoms with Gasteiger partial charge in [0.2, 0.25) is 0 Å². The molecule has 1 unspecified atom stereocenters. The molecule has 0 saturated carbocycles. The first kappa shape index (κ1) is 6.35. The number of carbonyl (C=O) groups is 1. The predicted octanol–water partition coefficient (Wildman–Crippen LogP) is 0.0786. The fraction of sp³-hybridized carbons (Fsp3) is 0.800. The van der Waals surface area contributed by atoms with Gasteiger partial charge in [-0.3, -0.25) is 4.90 Å². The predicted molar refractivity (Wildman–Crippen MR) is 30.0 cm³/mol. The molecule has 0 aromatic heterocycles. The van der Waals surface area contributed by atoms with Crippen LogP contribution in [0.4, 0.5) is 4.79 Å². The van der Waals surface area contributed by atoms with Gasteiger partial charge in [-0.1, -0.05) is 0 Å². The molecule has 1 saturated heterocycles. The number of amides is 1. The molecule has 0 spiro atoms. The summed E-state index contributed by atoms with van der Waals surface area (Å²) in [6.45, 7) is 0.469. The second-order valence-electron chi connectivity index (χ2n) is 2.10. The van der Waals surface area contributed by atoms with E-state index in [9.17, 15) is 4.79 Å². The fourth-order valence-corrected chi connectivity index (χ4v) is 0.972. The first-order chi connectivity index (χ1) is 4.22. The maximum Gasteiger partial charge on any atom is 0.409 e. The van der Waals surface area contributed by atoms with E-state index in [0.717, 1.165) is 11.3 Å². The molecule has 2 N–H and O–H groups in total. The lowest BCUT2D eigenvalue weighted by Crippen LogP contribution is -2.33. The second-order valence-corrected chi connectivity index (χ2v) is 2.10. The number of hydrogen-bond donors (Lipinski definition) is 2.